The van der Waals surface area contributed by atoms with Crippen molar-refractivity contribution in [3.05, 3.63) is 11.7 Å². The molecule has 2 aliphatic rings. The summed E-state index contributed by atoms with van der Waals surface area (Å²) in [5, 5.41) is 19.4. The molecule has 0 aliphatic heterocycles. The summed E-state index contributed by atoms with van der Waals surface area (Å²) >= 11 is 0. The van der Waals surface area contributed by atoms with E-state index in [4.69, 9.17) is 4.52 Å². The molecule has 0 radical (unpaired) electrons. The molecule has 2 saturated carbocycles. The molecule has 3 N–H and O–H groups in total. The quantitative estimate of drug-likeness (QED) is 0.741. The third kappa shape index (κ3) is 3.88. The van der Waals surface area contributed by atoms with Crippen molar-refractivity contribution in [1.82, 2.24) is 20.8 Å². The minimum Gasteiger partial charge on any atom is -0.394 e. The molecule has 2 unspecified atom stereocenters. The molecule has 0 bridgehead atoms. The Kier molecular flexibility index (Phi) is 5.08. The Morgan fingerprint density at radius 1 is 1.33 bits per heavy atom. The molecular formula is C17H28N4O3. The fourth-order valence-electron chi connectivity index (χ4n) is 3.49. The van der Waals surface area contributed by atoms with Gasteiger partial charge in [-0.05, 0) is 45.4 Å². The predicted molar refractivity (Wildman–Crippen MR) is 88.4 cm³/mol. The van der Waals surface area contributed by atoms with E-state index in [0.29, 0.717) is 17.7 Å². The second-order valence-corrected chi connectivity index (χ2v) is 7.50. The first-order chi connectivity index (χ1) is 11.5. The molecule has 7 nitrogen and oxygen atoms in total. The zero-order valence-electron chi connectivity index (χ0n) is 14.5. The average molecular weight is 336 g/mol. The van der Waals surface area contributed by atoms with Crippen molar-refractivity contribution in [1.29, 1.82) is 0 Å². The van der Waals surface area contributed by atoms with Crippen LogP contribution in [-0.4, -0.2) is 33.4 Å². The standard InChI is InChI=1S/C17H28N4O3/c1-11(18-16(23)20-17(2,10-22)13-8-9-13)15-19-14(21-24-15)12-6-4-3-5-7-12/h11-13,22H,3-10H2,1-2H3,(H2,18,20,23). The maximum absolute atomic E-state index is 12.2. The van der Waals surface area contributed by atoms with Crippen LogP contribution in [0.25, 0.3) is 0 Å². The topological polar surface area (TPSA) is 100 Å². The first kappa shape index (κ1) is 17.2. The van der Waals surface area contributed by atoms with E-state index in [-0.39, 0.29) is 18.7 Å². The van der Waals surface area contributed by atoms with E-state index in [2.05, 4.69) is 20.8 Å². The third-order valence-electron chi connectivity index (χ3n) is 5.35. The van der Waals surface area contributed by atoms with Crippen LogP contribution >= 0.6 is 0 Å². The average Bonchev–Trinajstić information content (AvgIpc) is 3.33. The Morgan fingerprint density at radius 3 is 2.67 bits per heavy atom. The van der Waals surface area contributed by atoms with Crippen LogP contribution in [0.5, 0.6) is 0 Å². The predicted octanol–water partition coefficient (Wildman–Crippen LogP) is 2.64. The Bertz CT molecular complexity index is 566. The van der Waals surface area contributed by atoms with E-state index in [0.717, 1.165) is 31.5 Å². The van der Waals surface area contributed by atoms with Crippen molar-refractivity contribution in [3.63, 3.8) is 0 Å². The summed E-state index contributed by atoms with van der Waals surface area (Å²) < 4.78 is 5.34. The summed E-state index contributed by atoms with van der Waals surface area (Å²) in [5.74, 6) is 1.93. The number of urea groups is 1. The highest BCUT2D eigenvalue weighted by molar-refractivity contribution is 5.75. The van der Waals surface area contributed by atoms with Gasteiger partial charge < -0.3 is 20.3 Å². The number of rotatable bonds is 6. The van der Waals surface area contributed by atoms with Crippen molar-refractivity contribution in [2.75, 3.05) is 6.61 Å². The lowest BCUT2D eigenvalue weighted by atomic mass is 9.89. The first-order valence-electron chi connectivity index (χ1n) is 9.05. The van der Waals surface area contributed by atoms with Crippen molar-refractivity contribution in [2.24, 2.45) is 5.92 Å². The smallest absolute Gasteiger partial charge is 0.315 e. The molecule has 0 spiro atoms. The highest BCUT2D eigenvalue weighted by atomic mass is 16.5. The molecule has 0 saturated heterocycles. The fourth-order valence-corrected chi connectivity index (χ4v) is 3.49. The maximum atomic E-state index is 12.2. The number of hydrogen-bond acceptors (Lipinski definition) is 5. The number of carbonyl (C=O) groups is 1. The van der Waals surface area contributed by atoms with Crippen molar-refractivity contribution in [3.8, 4) is 0 Å². The number of aliphatic hydroxyl groups excluding tert-OH is 1. The number of nitrogens with zero attached hydrogens (tertiary/aromatic N) is 2. The molecule has 7 heteroatoms. The summed E-state index contributed by atoms with van der Waals surface area (Å²) in [6.45, 7) is 3.64. The molecule has 2 amide bonds. The van der Waals surface area contributed by atoms with Gasteiger partial charge in [0.1, 0.15) is 6.04 Å². The van der Waals surface area contributed by atoms with Gasteiger partial charge in [-0.2, -0.15) is 4.98 Å². The van der Waals surface area contributed by atoms with Gasteiger partial charge in [0.15, 0.2) is 5.82 Å². The molecule has 0 aromatic carbocycles. The molecule has 1 heterocycles. The molecule has 24 heavy (non-hydrogen) atoms. The molecule has 1 aromatic rings. The summed E-state index contributed by atoms with van der Waals surface area (Å²) in [6, 6.07) is -0.680. The normalized spacial score (nSPS) is 22.6. The summed E-state index contributed by atoms with van der Waals surface area (Å²) in [4.78, 5) is 16.7. The van der Waals surface area contributed by atoms with Gasteiger partial charge in [0, 0.05) is 5.92 Å². The lowest BCUT2D eigenvalue weighted by molar-refractivity contribution is 0.153. The van der Waals surface area contributed by atoms with E-state index < -0.39 is 5.54 Å². The Balaban J connectivity index is 1.55. The Labute approximate surface area is 142 Å². The summed E-state index contributed by atoms with van der Waals surface area (Å²) in [5.41, 5.74) is -0.564. The monoisotopic (exact) mass is 336 g/mol. The summed E-state index contributed by atoms with van der Waals surface area (Å²) in [6.07, 6.45) is 8.01. The van der Waals surface area contributed by atoms with E-state index in [9.17, 15) is 9.90 Å². The minimum atomic E-state index is -0.564. The van der Waals surface area contributed by atoms with Crippen LogP contribution in [0.4, 0.5) is 4.79 Å². The van der Waals surface area contributed by atoms with Gasteiger partial charge in [0.2, 0.25) is 5.89 Å². The molecule has 3 rings (SSSR count). The fraction of sp³-hybridized carbons (Fsp3) is 0.824. The second kappa shape index (κ2) is 7.09. The number of hydrogen-bond donors (Lipinski definition) is 3. The number of aromatic nitrogens is 2. The van der Waals surface area contributed by atoms with Crippen molar-refractivity contribution in [2.45, 2.75) is 76.3 Å². The van der Waals surface area contributed by atoms with E-state index >= 15 is 0 Å². The van der Waals surface area contributed by atoms with E-state index in [1.54, 1.807) is 0 Å². The molecule has 2 atom stereocenters. The van der Waals surface area contributed by atoms with Gasteiger partial charge in [0.05, 0.1) is 12.1 Å². The third-order valence-corrected chi connectivity index (χ3v) is 5.35. The highest BCUT2D eigenvalue weighted by Crippen LogP contribution is 2.39. The van der Waals surface area contributed by atoms with Gasteiger partial charge in [-0.25, -0.2) is 4.79 Å². The SMILES string of the molecule is CC(NC(=O)NC(C)(CO)C1CC1)c1nc(C2CCCCC2)no1. The van der Waals surface area contributed by atoms with Gasteiger partial charge in [-0.1, -0.05) is 24.4 Å². The number of nitrogens with one attached hydrogen (secondary N) is 2. The van der Waals surface area contributed by atoms with E-state index in [1.807, 2.05) is 13.8 Å². The molecular weight excluding hydrogens is 308 g/mol. The van der Waals surface area contributed by atoms with Crippen LogP contribution in [0.1, 0.15) is 82.5 Å². The highest BCUT2D eigenvalue weighted by Gasteiger charge is 2.42. The van der Waals surface area contributed by atoms with Crippen molar-refractivity contribution >= 4 is 6.03 Å². The Morgan fingerprint density at radius 2 is 2.04 bits per heavy atom. The molecule has 134 valence electrons. The molecule has 2 fully saturated rings. The first-order valence-corrected chi connectivity index (χ1v) is 9.05. The zero-order chi connectivity index (χ0) is 17.2. The minimum absolute atomic E-state index is 0.0636. The maximum Gasteiger partial charge on any atom is 0.315 e. The van der Waals surface area contributed by atoms with Gasteiger partial charge in [-0.3, -0.25) is 0 Å². The van der Waals surface area contributed by atoms with Gasteiger partial charge in [-0.15, -0.1) is 0 Å². The van der Waals surface area contributed by atoms with Crippen LogP contribution in [0.2, 0.25) is 0 Å². The van der Waals surface area contributed by atoms with Gasteiger partial charge in [0.25, 0.3) is 0 Å². The number of carbonyl (C=O) groups excluding carboxylic acids is 1. The van der Waals surface area contributed by atoms with E-state index in [1.165, 1.54) is 19.3 Å². The van der Waals surface area contributed by atoms with Crippen LogP contribution in [0, 0.1) is 5.92 Å². The van der Waals surface area contributed by atoms with Gasteiger partial charge >= 0.3 is 6.03 Å². The van der Waals surface area contributed by atoms with Crippen LogP contribution in [0.3, 0.4) is 0 Å². The van der Waals surface area contributed by atoms with Crippen LogP contribution in [-0.2, 0) is 0 Å². The van der Waals surface area contributed by atoms with Crippen LogP contribution in [0.15, 0.2) is 4.52 Å². The number of aliphatic hydroxyl groups is 1. The van der Waals surface area contributed by atoms with Crippen molar-refractivity contribution < 1.29 is 14.4 Å². The largest absolute Gasteiger partial charge is 0.394 e. The lowest BCUT2D eigenvalue weighted by Crippen LogP contribution is -2.54. The molecule has 2 aliphatic carbocycles. The lowest BCUT2D eigenvalue weighted by Gasteiger charge is -2.29. The summed E-state index contributed by atoms with van der Waals surface area (Å²) in [7, 11) is 0. The second-order valence-electron chi connectivity index (χ2n) is 7.50. The molecule has 1 aromatic heterocycles. The van der Waals surface area contributed by atoms with Crippen LogP contribution < -0.4 is 10.6 Å². The Hall–Kier alpha value is -1.63. The zero-order valence-corrected chi connectivity index (χ0v) is 14.5. The number of amides is 2.